The molecule has 0 radical (unpaired) electrons. The highest BCUT2D eigenvalue weighted by Crippen LogP contribution is 2.22. The summed E-state index contributed by atoms with van der Waals surface area (Å²) in [6.07, 6.45) is 0.153. The molecule has 2 rings (SSSR count). The van der Waals surface area contributed by atoms with E-state index in [-0.39, 0.29) is 23.3 Å². The van der Waals surface area contributed by atoms with Crippen LogP contribution in [0.15, 0.2) is 48.5 Å². The van der Waals surface area contributed by atoms with Crippen LogP contribution in [0.25, 0.3) is 0 Å². The van der Waals surface area contributed by atoms with E-state index in [1.54, 1.807) is 24.3 Å². The number of hydrazine groups is 1. The molecule has 0 bridgehead atoms. The van der Waals surface area contributed by atoms with Crippen molar-refractivity contribution < 1.29 is 14.3 Å². The van der Waals surface area contributed by atoms with Crippen LogP contribution in [0.5, 0.6) is 0 Å². The first-order valence-electron chi connectivity index (χ1n) is 9.08. The van der Waals surface area contributed by atoms with Gasteiger partial charge in [-0.25, -0.2) is 0 Å². The largest absolute Gasteiger partial charge is 0.374 e. The average Bonchev–Trinajstić information content (AvgIpc) is 2.64. The molecule has 144 valence electrons. The quantitative estimate of drug-likeness (QED) is 0.785. The van der Waals surface area contributed by atoms with E-state index in [1.807, 2.05) is 38.1 Å². The van der Waals surface area contributed by atoms with Crippen molar-refractivity contribution in [2.24, 2.45) is 0 Å². The zero-order valence-electron chi connectivity index (χ0n) is 16.6. The van der Waals surface area contributed by atoms with Gasteiger partial charge in [0.2, 0.25) is 0 Å². The van der Waals surface area contributed by atoms with Crippen molar-refractivity contribution in [3.05, 3.63) is 70.8 Å². The van der Waals surface area contributed by atoms with Crippen molar-refractivity contribution in [3.8, 4) is 0 Å². The van der Waals surface area contributed by atoms with E-state index in [1.165, 1.54) is 0 Å². The summed E-state index contributed by atoms with van der Waals surface area (Å²) in [6, 6.07) is 14.5. The summed E-state index contributed by atoms with van der Waals surface area (Å²) in [5, 5.41) is 0. The van der Waals surface area contributed by atoms with Crippen molar-refractivity contribution in [2.45, 2.75) is 52.7 Å². The van der Waals surface area contributed by atoms with E-state index >= 15 is 0 Å². The number of hydrogen-bond acceptors (Lipinski definition) is 3. The molecule has 2 amide bonds. The number of hydrogen-bond donors (Lipinski definition) is 2. The normalized spacial score (nSPS) is 11.3. The maximum absolute atomic E-state index is 12.2. The number of ether oxygens (including phenoxy) is 1. The van der Waals surface area contributed by atoms with Gasteiger partial charge in [0.05, 0.1) is 12.7 Å². The number of amides is 2. The van der Waals surface area contributed by atoms with Crippen LogP contribution in [-0.2, 0) is 16.8 Å². The minimum atomic E-state index is -0.369. The molecule has 5 nitrogen and oxygen atoms in total. The molecule has 27 heavy (non-hydrogen) atoms. The van der Waals surface area contributed by atoms with Gasteiger partial charge in [-0.1, -0.05) is 45.0 Å². The Morgan fingerprint density at radius 1 is 0.852 bits per heavy atom. The highest BCUT2D eigenvalue weighted by Gasteiger charge is 2.14. The fourth-order valence-corrected chi connectivity index (χ4v) is 2.39. The van der Waals surface area contributed by atoms with Gasteiger partial charge in [-0.15, -0.1) is 0 Å². The minimum absolute atomic E-state index is 0.0234. The third-order valence-corrected chi connectivity index (χ3v) is 4.10. The average molecular weight is 368 g/mol. The molecule has 0 fully saturated rings. The summed E-state index contributed by atoms with van der Waals surface area (Å²) in [7, 11) is 0. The predicted octanol–water partition coefficient (Wildman–Crippen LogP) is 3.98. The topological polar surface area (TPSA) is 67.4 Å². The van der Waals surface area contributed by atoms with Crippen LogP contribution in [-0.4, -0.2) is 17.9 Å². The molecule has 5 heteroatoms. The molecule has 0 heterocycles. The second-order valence-corrected chi connectivity index (χ2v) is 7.79. The third-order valence-electron chi connectivity index (χ3n) is 4.10. The molecule has 2 aromatic rings. The lowest BCUT2D eigenvalue weighted by Gasteiger charge is -2.19. The van der Waals surface area contributed by atoms with E-state index in [9.17, 15) is 9.59 Å². The number of nitrogens with one attached hydrogen (secondary N) is 2. The Labute approximate surface area is 161 Å². The van der Waals surface area contributed by atoms with E-state index in [0.717, 1.165) is 11.1 Å². The molecule has 0 saturated heterocycles. The van der Waals surface area contributed by atoms with Crippen LogP contribution in [0.4, 0.5) is 0 Å². The fraction of sp³-hybridized carbons (Fsp3) is 0.364. The standard InChI is InChI=1S/C22H28N2O3/c1-15(2)27-14-16-6-8-17(9-7-16)20(25)23-24-21(26)18-10-12-19(13-11-18)22(3,4)5/h6-13,15H,14H2,1-5H3,(H,23,25)(H,24,26). The molecule has 0 unspecified atom stereocenters. The van der Waals surface area contributed by atoms with Crippen molar-refractivity contribution in [1.29, 1.82) is 0 Å². The van der Waals surface area contributed by atoms with E-state index in [4.69, 9.17) is 4.74 Å². The number of carbonyl (C=O) groups excluding carboxylic acids is 2. The second-order valence-electron chi connectivity index (χ2n) is 7.79. The molecule has 0 saturated carbocycles. The van der Waals surface area contributed by atoms with Crippen LogP contribution >= 0.6 is 0 Å². The van der Waals surface area contributed by atoms with Crippen LogP contribution in [0.1, 0.15) is 66.5 Å². The van der Waals surface area contributed by atoms with Gasteiger partial charge in [-0.2, -0.15) is 0 Å². The molecular formula is C22H28N2O3. The Bertz CT molecular complexity index is 773. The van der Waals surface area contributed by atoms with Crippen LogP contribution in [0.3, 0.4) is 0 Å². The lowest BCUT2D eigenvalue weighted by atomic mass is 9.87. The van der Waals surface area contributed by atoms with Gasteiger partial charge in [-0.3, -0.25) is 20.4 Å². The summed E-state index contributed by atoms with van der Waals surface area (Å²) in [5.41, 5.74) is 8.00. The lowest BCUT2D eigenvalue weighted by molar-refractivity contribution is 0.0656. The number of benzene rings is 2. The van der Waals surface area contributed by atoms with Gasteiger partial charge in [-0.05, 0) is 54.7 Å². The fourth-order valence-electron chi connectivity index (χ4n) is 2.39. The van der Waals surface area contributed by atoms with Crippen molar-refractivity contribution in [1.82, 2.24) is 10.9 Å². The minimum Gasteiger partial charge on any atom is -0.374 e. The van der Waals surface area contributed by atoms with Gasteiger partial charge in [0.25, 0.3) is 11.8 Å². The van der Waals surface area contributed by atoms with Gasteiger partial charge in [0.1, 0.15) is 0 Å². The maximum Gasteiger partial charge on any atom is 0.269 e. The SMILES string of the molecule is CC(C)OCc1ccc(C(=O)NNC(=O)c2ccc(C(C)(C)C)cc2)cc1. The predicted molar refractivity (Wildman–Crippen MR) is 106 cm³/mol. The summed E-state index contributed by atoms with van der Waals surface area (Å²) < 4.78 is 5.53. The molecule has 0 aliphatic carbocycles. The smallest absolute Gasteiger partial charge is 0.269 e. The molecule has 2 aromatic carbocycles. The van der Waals surface area contributed by atoms with Crippen LogP contribution in [0, 0.1) is 0 Å². The van der Waals surface area contributed by atoms with Gasteiger partial charge in [0, 0.05) is 11.1 Å². The Kier molecular flexibility index (Phi) is 6.75. The van der Waals surface area contributed by atoms with Gasteiger partial charge >= 0.3 is 0 Å². The first kappa shape index (κ1) is 20.6. The monoisotopic (exact) mass is 368 g/mol. The molecule has 0 aromatic heterocycles. The molecular weight excluding hydrogens is 340 g/mol. The van der Waals surface area contributed by atoms with Gasteiger partial charge < -0.3 is 4.74 Å². The lowest BCUT2D eigenvalue weighted by Crippen LogP contribution is -2.41. The van der Waals surface area contributed by atoms with Crippen molar-refractivity contribution in [2.75, 3.05) is 0 Å². The molecule has 0 atom stereocenters. The van der Waals surface area contributed by atoms with Gasteiger partial charge in [0.15, 0.2) is 0 Å². The highest BCUT2D eigenvalue weighted by atomic mass is 16.5. The van der Waals surface area contributed by atoms with Crippen LogP contribution in [0.2, 0.25) is 0 Å². The van der Waals surface area contributed by atoms with Crippen LogP contribution < -0.4 is 10.9 Å². The van der Waals surface area contributed by atoms with Crippen molar-refractivity contribution in [3.63, 3.8) is 0 Å². The zero-order chi connectivity index (χ0) is 20.0. The molecule has 0 aliphatic rings. The molecule has 0 spiro atoms. The number of rotatable bonds is 5. The number of carbonyl (C=O) groups is 2. The zero-order valence-corrected chi connectivity index (χ0v) is 16.6. The van der Waals surface area contributed by atoms with E-state index < -0.39 is 0 Å². The van der Waals surface area contributed by atoms with E-state index in [0.29, 0.717) is 17.7 Å². The Balaban J connectivity index is 1.90. The summed E-state index contributed by atoms with van der Waals surface area (Å²) in [6.45, 7) is 10.8. The summed E-state index contributed by atoms with van der Waals surface area (Å²) in [4.78, 5) is 24.4. The Morgan fingerprint density at radius 2 is 1.30 bits per heavy atom. The maximum atomic E-state index is 12.2. The second kappa shape index (κ2) is 8.82. The Morgan fingerprint density at radius 3 is 1.70 bits per heavy atom. The first-order chi connectivity index (χ1) is 12.7. The molecule has 0 aliphatic heterocycles. The van der Waals surface area contributed by atoms with E-state index in [2.05, 4.69) is 31.6 Å². The Hall–Kier alpha value is -2.66. The molecule has 2 N–H and O–H groups in total. The third kappa shape index (κ3) is 6.22. The first-order valence-corrected chi connectivity index (χ1v) is 9.08. The highest BCUT2D eigenvalue weighted by molar-refractivity contribution is 5.99. The summed E-state index contributed by atoms with van der Waals surface area (Å²) in [5.74, 6) is -0.725. The summed E-state index contributed by atoms with van der Waals surface area (Å²) >= 11 is 0. The van der Waals surface area contributed by atoms with Crippen molar-refractivity contribution >= 4 is 11.8 Å².